The molecule has 8 nitrogen and oxygen atoms in total. The summed E-state index contributed by atoms with van der Waals surface area (Å²) in [6.07, 6.45) is 1.48. The minimum Gasteiger partial charge on any atom is -0.381 e. The number of aromatic amines is 3. The normalized spacial score (nSPS) is 18.8. The lowest BCUT2D eigenvalue weighted by atomic mass is 9.79. The third-order valence-electron chi connectivity index (χ3n) is 3.73. The molecule has 0 amide bonds. The second kappa shape index (κ2) is 4.32. The fraction of sp³-hybridized carbons (Fsp3) is 0.545. The highest BCUT2D eigenvalue weighted by molar-refractivity contribution is 5.69. The smallest absolute Gasteiger partial charge is 0.327 e. The van der Waals surface area contributed by atoms with E-state index in [1.54, 1.807) is 0 Å². The summed E-state index contributed by atoms with van der Waals surface area (Å²) >= 11 is 0. The Morgan fingerprint density at radius 3 is 2.63 bits per heavy atom. The summed E-state index contributed by atoms with van der Waals surface area (Å²) in [4.78, 5) is 34.9. The first-order valence-corrected chi connectivity index (χ1v) is 6.15. The lowest BCUT2D eigenvalue weighted by Gasteiger charge is -2.34. The molecule has 3 rings (SSSR count). The quantitative estimate of drug-likeness (QED) is 0.550. The average molecular weight is 265 g/mol. The van der Waals surface area contributed by atoms with E-state index in [9.17, 15) is 9.59 Å². The third-order valence-corrected chi connectivity index (χ3v) is 3.73. The van der Waals surface area contributed by atoms with Gasteiger partial charge in [0.05, 0.1) is 0 Å². The van der Waals surface area contributed by atoms with Crippen LogP contribution in [0.4, 0.5) is 0 Å². The fourth-order valence-electron chi connectivity index (χ4n) is 2.48. The maximum absolute atomic E-state index is 11.7. The Morgan fingerprint density at radius 2 is 1.95 bits per heavy atom. The van der Waals surface area contributed by atoms with Crippen LogP contribution in [0.1, 0.15) is 18.7 Å². The predicted molar refractivity (Wildman–Crippen MR) is 68.1 cm³/mol. The Morgan fingerprint density at radius 1 is 1.21 bits per heavy atom. The molecule has 5 N–H and O–H groups in total. The van der Waals surface area contributed by atoms with E-state index in [1.807, 2.05) is 0 Å². The Balaban J connectivity index is 2.17. The van der Waals surface area contributed by atoms with Crippen molar-refractivity contribution >= 4 is 11.2 Å². The van der Waals surface area contributed by atoms with Gasteiger partial charge in [0.25, 0.3) is 5.56 Å². The van der Waals surface area contributed by atoms with E-state index in [0.29, 0.717) is 25.6 Å². The van der Waals surface area contributed by atoms with E-state index in [0.717, 1.165) is 12.8 Å². The molecule has 8 heteroatoms. The molecule has 1 aliphatic heterocycles. The summed E-state index contributed by atoms with van der Waals surface area (Å²) in [5.41, 5.74) is 5.07. The summed E-state index contributed by atoms with van der Waals surface area (Å²) < 4.78 is 5.34. The number of imidazole rings is 1. The van der Waals surface area contributed by atoms with E-state index < -0.39 is 11.2 Å². The van der Waals surface area contributed by atoms with Crippen molar-refractivity contribution < 1.29 is 4.74 Å². The number of fused-ring (bicyclic) bond motifs is 1. The maximum Gasteiger partial charge on any atom is 0.327 e. The van der Waals surface area contributed by atoms with Crippen molar-refractivity contribution in [3.63, 3.8) is 0 Å². The monoisotopic (exact) mass is 265 g/mol. The van der Waals surface area contributed by atoms with Crippen LogP contribution in [0.2, 0.25) is 0 Å². The first-order valence-electron chi connectivity index (χ1n) is 6.15. The number of hydrogen-bond acceptors (Lipinski definition) is 5. The molecule has 0 bridgehead atoms. The molecule has 2 aromatic rings. The molecule has 1 saturated heterocycles. The molecule has 0 aliphatic carbocycles. The summed E-state index contributed by atoms with van der Waals surface area (Å²) in [6.45, 7) is 1.64. The van der Waals surface area contributed by atoms with Gasteiger partial charge in [-0.25, -0.2) is 9.78 Å². The highest BCUT2D eigenvalue weighted by Crippen LogP contribution is 2.32. The van der Waals surface area contributed by atoms with Crippen molar-refractivity contribution in [2.75, 3.05) is 19.8 Å². The summed E-state index contributed by atoms with van der Waals surface area (Å²) in [6, 6.07) is 0. The number of nitrogens with one attached hydrogen (secondary N) is 3. The second-order valence-electron chi connectivity index (χ2n) is 4.81. The lowest BCUT2D eigenvalue weighted by Crippen LogP contribution is -2.41. The Bertz CT molecular complexity index is 707. The van der Waals surface area contributed by atoms with E-state index in [-0.39, 0.29) is 16.6 Å². The Labute approximate surface area is 107 Å². The number of rotatable bonds is 2. The summed E-state index contributed by atoms with van der Waals surface area (Å²) in [5.74, 6) is 0.639. The minimum absolute atomic E-state index is 0.267. The average Bonchev–Trinajstić information content (AvgIpc) is 2.84. The number of ether oxygens (including phenoxy) is 1. The van der Waals surface area contributed by atoms with Crippen LogP contribution in [0.25, 0.3) is 11.2 Å². The van der Waals surface area contributed by atoms with Crippen molar-refractivity contribution in [3.8, 4) is 0 Å². The van der Waals surface area contributed by atoms with Crippen molar-refractivity contribution in [2.24, 2.45) is 5.73 Å². The van der Waals surface area contributed by atoms with Crippen molar-refractivity contribution in [2.45, 2.75) is 18.3 Å². The van der Waals surface area contributed by atoms with Gasteiger partial charge in [-0.2, -0.15) is 0 Å². The zero-order chi connectivity index (χ0) is 13.5. The molecule has 2 aromatic heterocycles. The zero-order valence-corrected chi connectivity index (χ0v) is 10.3. The molecule has 102 valence electrons. The molecule has 3 heterocycles. The second-order valence-corrected chi connectivity index (χ2v) is 4.81. The minimum atomic E-state index is -0.565. The van der Waals surface area contributed by atoms with E-state index >= 15 is 0 Å². The van der Waals surface area contributed by atoms with Crippen LogP contribution in [0.3, 0.4) is 0 Å². The molecular formula is C11H15N5O3. The van der Waals surface area contributed by atoms with Crippen molar-refractivity contribution in [1.29, 1.82) is 0 Å². The van der Waals surface area contributed by atoms with Gasteiger partial charge in [-0.3, -0.25) is 14.8 Å². The largest absolute Gasteiger partial charge is 0.381 e. The van der Waals surface area contributed by atoms with E-state index in [2.05, 4.69) is 19.9 Å². The van der Waals surface area contributed by atoms with Gasteiger partial charge in [-0.15, -0.1) is 0 Å². The summed E-state index contributed by atoms with van der Waals surface area (Å²) in [5, 5.41) is 0. The molecule has 0 unspecified atom stereocenters. The Hall–Kier alpha value is -1.93. The molecule has 0 atom stereocenters. The zero-order valence-electron chi connectivity index (χ0n) is 10.3. The molecule has 1 aliphatic rings. The first-order chi connectivity index (χ1) is 9.14. The SMILES string of the molecule is NCC1(c2nc3[nH]c(=O)[nH]c(=O)c3[nH]2)CCOCC1. The maximum atomic E-state index is 11.7. The first kappa shape index (κ1) is 12.1. The molecule has 0 spiro atoms. The topological polar surface area (TPSA) is 130 Å². The van der Waals surface area contributed by atoms with Crippen LogP contribution in [0.15, 0.2) is 9.59 Å². The number of hydrogen-bond donors (Lipinski definition) is 4. The number of H-pyrrole nitrogens is 3. The fourth-order valence-corrected chi connectivity index (χ4v) is 2.48. The van der Waals surface area contributed by atoms with Gasteiger partial charge in [0, 0.05) is 25.2 Å². The van der Waals surface area contributed by atoms with E-state index in [4.69, 9.17) is 10.5 Å². The van der Waals surface area contributed by atoms with Crippen LogP contribution in [0.5, 0.6) is 0 Å². The van der Waals surface area contributed by atoms with Crippen LogP contribution in [-0.2, 0) is 10.2 Å². The molecular weight excluding hydrogens is 250 g/mol. The molecule has 0 aromatic carbocycles. The highest BCUT2D eigenvalue weighted by atomic mass is 16.5. The molecule has 1 fully saturated rings. The van der Waals surface area contributed by atoms with Gasteiger partial charge in [-0.1, -0.05) is 0 Å². The van der Waals surface area contributed by atoms with Crippen LogP contribution < -0.4 is 17.0 Å². The number of aromatic nitrogens is 4. The van der Waals surface area contributed by atoms with Crippen LogP contribution >= 0.6 is 0 Å². The van der Waals surface area contributed by atoms with Gasteiger partial charge < -0.3 is 15.5 Å². The Kier molecular flexibility index (Phi) is 2.76. The van der Waals surface area contributed by atoms with E-state index in [1.165, 1.54) is 0 Å². The van der Waals surface area contributed by atoms with Gasteiger partial charge in [-0.05, 0) is 12.8 Å². The number of nitrogens with zero attached hydrogens (tertiary/aromatic N) is 1. The van der Waals surface area contributed by atoms with Gasteiger partial charge in [0.1, 0.15) is 11.3 Å². The van der Waals surface area contributed by atoms with Crippen LogP contribution in [0, 0.1) is 0 Å². The molecule has 0 saturated carbocycles. The highest BCUT2D eigenvalue weighted by Gasteiger charge is 2.36. The van der Waals surface area contributed by atoms with Crippen molar-refractivity contribution in [3.05, 3.63) is 26.7 Å². The van der Waals surface area contributed by atoms with Crippen LogP contribution in [-0.4, -0.2) is 39.7 Å². The lowest BCUT2D eigenvalue weighted by molar-refractivity contribution is 0.0503. The standard InChI is InChI=1S/C11H15N5O3/c12-5-11(1-3-19-4-2-11)9-13-6-7(14-9)15-10(18)16-8(6)17/h1-5,12H2,(H3,13,14,15,16,17,18). The van der Waals surface area contributed by atoms with Gasteiger partial charge in [0.15, 0.2) is 5.65 Å². The molecule has 19 heavy (non-hydrogen) atoms. The predicted octanol–water partition coefficient (Wildman–Crippen LogP) is -1.05. The van der Waals surface area contributed by atoms with Gasteiger partial charge in [0.2, 0.25) is 0 Å². The summed E-state index contributed by atoms with van der Waals surface area (Å²) in [7, 11) is 0. The third kappa shape index (κ3) is 1.89. The van der Waals surface area contributed by atoms with Crippen molar-refractivity contribution in [1.82, 2.24) is 19.9 Å². The number of nitrogens with two attached hydrogens (primary N) is 1. The van der Waals surface area contributed by atoms with Gasteiger partial charge >= 0.3 is 5.69 Å². The molecule has 0 radical (unpaired) electrons.